The van der Waals surface area contributed by atoms with Crippen LogP contribution in [-0.4, -0.2) is 15.7 Å². The molecule has 0 unspecified atom stereocenters. The molecule has 0 bridgehead atoms. The van der Waals surface area contributed by atoms with Crippen molar-refractivity contribution in [3.05, 3.63) is 52.8 Å². The number of aryl methyl sites for hydroxylation is 4. The van der Waals surface area contributed by atoms with Gasteiger partial charge in [-0.25, -0.2) is 0 Å². The van der Waals surface area contributed by atoms with Gasteiger partial charge in [0.05, 0.1) is 18.7 Å². The molecule has 0 N–H and O–H groups in total. The van der Waals surface area contributed by atoms with Crippen LogP contribution in [0.1, 0.15) is 28.9 Å². The summed E-state index contributed by atoms with van der Waals surface area (Å²) < 4.78 is 7.11. The molecule has 2 rings (SSSR count). The van der Waals surface area contributed by atoms with E-state index < -0.39 is 0 Å². The summed E-state index contributed by atoms with van der Waals surface area (Å²) in [6.45, 7) is 6.84. The number of nitrogens with zero attached hydrogens (tertiary/aromatic N) is 2. The van der Waals surface area contributed by atoms with E-state index in [9.17, 15) is 4.79 Å². The largest absolute Gasteiger partial charge is 0.461 e. The van der Waals surface area contributed by atoms with Crippen LogP contribution in [0.2, 0.25) is 0 Å². The topological polar surface area (TPSA) is 44.1 Å². The lowest BCUT2D eigenvalue weighted by Gasteiger charge is -2.07. The number of hydrogen-bond acceptors (Lipinski definition) is 3. The van der Waals surface area contributed by atoms with Crippen LogP contribution in [0.3, 0.4) is 0 Å². The molecule has 0 radical (unpaired) electrons. The smallest absolute Gasteiger partial charge is 0.308 e. The Morgan fingerprint density at radius 2 is 2.05 bits per heavy atom. The van der Waals surface area contributed by atoms with Gasteiger partial charge in [-0.15, -0.1) is 0 Å². The van der Waals surface area contributed by atoms with E-state index in [0.717, 1.165) is 17.0 Å². The van der Waals surface area contributed by atoms with Gasteiger partial charge in [0.1, 0.15) is 6.61 Å². The molecule has 0 spiro atoms. The van der Waals surface area contributed by atoms with Gasteiger partial charge in [0.2, 0.25) is 0 Å². The van der Waals surface area contributed by atoms with E-state index in [1.54, 1.807) is 0 Å². The summed E-state index contributed by atoms with van der Waals surface area (Å²) in [6, 6.07) is 9.97. The fourth-order valence-electron chi connectivity index (χ4n) is 2.14. The van der Waals surface area contributed by atoms with Crippen LogP contribution in [0, 0.1) is 20.8 Å². The van der Waals surface area contributed by atoms with Crippen molar-refractivity contribution in [1.82, 2.24) is 9.78 Å². The number of aromatic nitrogens is 2. The third-order valence-electron chi connectivity index (χ3n) is 3.11. The molecule has 0 saturated carbocycles. The first-order valence-corrected chi connectivity index (χ1v) is 6.77. The number of esters is 1. The number of ether oxygens (including phenoxy) is 1. The van der Waals surface area contributed by atoms with Crippen LogP contribution >= 0.6 is 0 Å². The highest BCUT2D eigenvalue weighted by Gasteiger charge is 2.07. The molecule has 2 aromatic rings. The predicted molar refractivity (Wildman–Crippen MR) is 77.3 cm³/mol. The lowest BCUT2D eigenvalue weighted by atomic mass is 10.1. The molecule has 0 amide bonds. The van der Waals surface area contributed by atoms with Gasteiger partial charge in [0.25, 0.3) is 0 Å². The zero-order valence-electron chi connectivity index (χ0n) is 12.2. The molecule has 0 aliphatic heterocycles. The summed E-state index contributed by atoms with van der Waals surface area (Å²) in [5.74, 6) is -0.195. The first-order chi connectivity index (χ1) is 9.54. The molecule has 4 nitrogen and oxygen atoms in total. The minimum atomic E-state index is -0.195. The van der Waals surface area contributed by atoms with E-state index in [4.69, 9.17) is 4.74 Å². The Morgan fingerprint density at radius 1 is 1.25 bits per heavy atom. The molecular weight excluding hydrogens is 252 g/mol. The first-order valence-electron chi connectivity index (χ1n) is 6.77. The Morgan fingerprint density at radius 3 is 2.70 bits per heavy atom. The van der Waals surface area contributed by atoms with Gasteiger partial charge in [-0.2, -0.15) is 5.10 Å². The number of hydrogen-bond donors (Lipinski definition) is 0. The molecule has 0 aliphatic rings. The van der Waals surface area contributed by atoms with E-state index >= 15 is 0 Å². The molecule has 1 aromatic heterocycles. The summed E-state index contributed by atoms with van der Waals surface area (Å²) in [4.78, 5) is 11.7. The molecule has 106 valence electrons. The molecule has 0 aliphatic carbocycles. The normalized spacial score (nSPS) is 10.6. The second-order valence-electron chi connectivity index (χ2n) is 5.05. The van der Waals surface area contributed by atoms with Gasteiger partial charge >= 0.3 is 5.97 Å². The van der Waals surface area contributed by atoms with Crippen LogP contribution < -0.4 is 0 Å². The maximum absolute atomic E-state index is 11.7. The highest BCUT2D eigenvalue weighted by molar-refractivity contribution is 5.69. The van der Waals surface area contributed by atoms with E-state index in [1.165, 1.54) is 5.56 Å². The first kappa shape index (κ1) is 14.3. The van der Waals surface area contributed by atoms with Crippen LogP contribution in [0.5, 0.6) is 0 Å². The molecule has 0 saturated heterocycles. The average molecular weight is 272 g/mol. The van der Waals surface area contributed by atoms with E-state index in [-0.39, 0.29) is 5.97 Å². The van der Waals surface area contributed by atoms with Crippen molar-refractivity contribution in [2.75, 3.05) is 0 Å². The average Bonchev–Trinajstić information content (AvgIpc) is 2.72. The number of rotatable bonds is 5. The molecule has 20 heavy (non-hydrogen) atoms. The Bertz CT molecular complexity index is 602. The van der Waals surface area contributed by atoms with Crippen LogP contribution in [-0.2, 0) is 22.7 Å². The van der Waals surface area contributed by atoms with Crippen LogP contribution in [0.25, 0.3) is 0 Å². The summed E-state index contributed by atoms with van der Waals surface area (Å²) in [5, 5.41) is 4.32. The molecule has 0 atom stereocenters. The van der Waals surface area contributed by atoms with Gasteiger partial charge in [-0.3, -0.25) is 9.48 Å². The summed E-state index contributed by atoms with van der Waals surface area (Å²) in [7, 11) is 0. The highest BCUT2D eigenvalue weighted by Crippen LogP contribution is 2.07. The van der Waals surface area contributed by atoms with Crippen LogP contribution in [0.4, 0.5) is 0 Å². The van der Waals surface area contributed by atoms with Gasteiger partial charge in [-0.1, -0.05) is 29.8 Å². The van der Waals surface area contributed by atoms with Crippen molar-refractivity contribution in [3.8, 4) is 0 Å². The molecular formula is C16H20N2O2. The summed E-state index contributed by atoms with van der Waals surface area (Å²) >= 11 is 0. The van der Waals surface area contributed by atoms with Gasteiger partial charge in [0, 0.05) is 5.69 Å². The Hall–Kier alpha value is -2.10. The number of benzene rings is 1. The molecule has 1 aromatic carbocycles. The number of carbonyl (C=O) groups is 1. The minimum Gasteiger partial charge on any atom is -0.461 e. The third kappa shape index (κ3) is 3.95. The third-order valence-corrected chi connectivity index (χ3v) is 3.11. The zero-order chi connectivity index (χ0) is 14.5. The monoisotopic (exact) mass is 272 g/mol. The van der Waals surface area contributed by atoms with Crippen molar-refractivity contribution >= 4 is 5.97 Å². The standard InChI is InChI=1S/C16H20N2O2/c1-12-5-4-6-15(9-12)11-20-16(19)7-8-18-14(3)10-13(2)17-18/h4-6,9-10H,7-8,11H2,1-3H3. The zero-order valence-corrected chi connectivity index (χ0v) is 12.2. The van der Waals surface area contributed by atoms with Crippen molar-refractivity contribution in [3.63, 3.8) is 0 Å². The maximum Gasteiger partial charge on any atom is 0.308 e. The van der Waals surface area contributed by atoms with Gasteiger partial charge in [0.15, 0.2) is 0 Å². The van der Waals surface area contributed by atoms with Crippen molar-refractivity contribution in [2.45, 2.75) is 40.3 Å². The number of carbonyl (C=O) groups excluding carboxylic acids is 1. The maximum atomic E-state index is 11.7. The Kier molecular flexibility index (Phi) is 4.56. The van der Waals surface area contributed by atoms with Gasteiger partial charge < -0.3 is 4.74 Å². The molecule has 0 fully saturated rings. The van der Waals surface area contributed by atoms with E-state index in [2.05, 4.69) is 5.10 Å². The lowest BCUT2D eigenvalue weighted by molar-refractivity contribution is -0.145. The van der Waals surface area contributed by atoms with Crippen molar-refractivity contribution in [1.29, 1.82) is 0 Å². The molecule has 4 heteroatoms. The predicted octanol–water partition coefficient (Wildman–Crippen LogP) is 2.94. The Balaban J connectivity index is 1.80. The summed E-state index contributed by atoms with van der Waals surface area (Å²) in [5.41, 5.74) is 4.22. The lowest BCUT2D eigenvalue weighted by Crippen LogP contribution is -2.11. The van der Waals surface area contributed by atoms with E-state index in [1.807, 2.05) is 55.8 Å². The quantitative estimate of drug-likeness (QED) is 0.786. The highest BCUT2D eigenvalue weighted by atomic mass is 16.5. The Labute approximate surface area is 119 Å². The van der Waals surface area contributed by atoms with Crippen molar-refractivity contribution < 1.29 is 9.53 Å². The second-order valence-corrected chi connectivity index (χ2v) is 5.05. The summed E-state index contributed by atoms with van der Waals surface area (Å²) in [6.07, 6.45) is 0.341. The minimum absolute atomic E-state index is 0.195. The molecule has 1 heterocycles. The fourth-order valence-corrected chi connectivity index (χ4v) is 2.14. The second kappa shape index (κ2) is 6.37. The SMILES string of the molecule is Cc1cccc(COC(=O)CCn2nc(C)cc2C)c1. The van der Waals surface area contributed by atoms with Crippen molar-refractivity contribution in [2.24, 2.45) is 0 Å². The fraction of sp³-hybridized carbons (Fsp3) is 0.375. The van der Waals surface area contributed by atoms with E-state index in [0.29, 0.717) is 19.6 Å². The van der Waals surface area contributed by atoms with Crippen LogP contribution in [0.15, 0.2) is 30.3 Å². The van der Waals surface area contributed by atoms with Gasteiger partial charge in [-0.05, 0) is 32.4 Å².